The molecule has 0 spiro atoms. The molecule has 0 amide bonds. The normalized spacial score (nSPS) is 16.1. The van der Waals surface area contributed by atoms with Gasteiger partial charge in [-0.25, -0.2) is 13.2 Å². The van der Waals surface area contributed by atoms with Gasteiger partial charge >= 0.3 is 5.76 Å². The highest BCUT2D eigenvalue weighted by molar-refractivity contribution is 7.88. The standard InChI is InChI=1S/C19H21N3O4S/c1-14-3-2-4-15(11-14)13-27(24,25)22-9-7-21(8-10-22)16-5-6-18-17(12-16)20-19(23)26-18/h2-6,11-12H,7-10,13H2,1H3,(H,20,23). The maximum Gasteiger partial charge on any atom is 0.417 e. The summed E-state index contributed by atoms with van der Waals surface area (Å²) in [6, 6.07) is 13.1. The monoisotopic (exact) mass is 387 g/mol. The first-order valence-corrected chi connectivity index (χ1v) is 10.4. The molecule has 4 rings (SSSR count). The molecule has 27 heavy (non-hydrogen) atoms. The van der Waals surface area contributed by atoms with Gasteiger partial charge in [0.15, 0.2) is 5.58 Å². The number of piperazine rings is 1. The predicted octanol–water partition coefficient (Wildman–Crippen LogP) is 2.08. The smallest absolute Gasteiger partial charge is 0.408 e. The summed E-state index contributed by atoms with van der Waals surface area (Å²) in [7, 11) is -3.35. The Kier molecular flexibility index (Phi) is 4.53. The van der Waals surface area contributed by atoms with E-state index >= 15 is 0 Å². The zero-order valence-corrected chi connectivity index (χ0v) is 15.8. The Bertz CT molecular complexity index is 1130. The number of nitrogens with one attached hydrogen (secondary N) is 1. The summed E-state index contributed by atoms with van der Waals surface area (Å²) in [5, 5.41) is 0. The first kappa shape index (κ1) is 17.8. The number of hydrogen-bond acceptors (Lipinski definition) is 5. The van der Waals surface area contributed by atoms with E-state index in [1.807, 2.05) is 43.3 Å². The lowest BCUT2D eigenvalue weighted by molar-refractivity contribution is 0.384. The molecule has 2 heterocycles. The largest absolute Gasteiger partial charge is 0.417 e. The van der Waals surface area contributed by atoms with Crippen molar-refractivity contribution in [2.24, 2.45) is 0 Å². The van der Waals surface area contributed by atoms with Crippen LogP contribution in [0, 0.1) is 6.92 Å². The van der Waals surface area contributed by atoms with Crippen molar-refractivity contribution in [2.75, 3.05) is 31.1 Å². The molecule has 0 unspecified atom stereocenters. The summed E-state index contributed by atoms with van der Waals surface area (Å²) in [6.45, 7) is 4.03. The van der Waals surface area contributed by atoms with Crippen LogP contribution in [-0.2, 0) is 15.8 Å². The van der Waals surface area contributed by atoms with Crippen LogP contribution in [0.25, 0.3) is 11.1 Å². The molecule has 1 saturated heterocycles. The number of aromatic amines is 1. The van der Waals surface area contributed by atoms with Gasteiger partial charge in [-0.1, -0.05) is 29.8 Å². The lowest BCUT2D eigenvalue weighted by Gasteiger charge is -2.35. The highest BCUT2D eigenvalue weighted by Crippen LogP contribution is 2.23. The van der Waals surface area contributed by atoms with Crippen molar-refractivity contribution in [1.29, 1.82) is 0 Å². The van der Waals surface area contributed by atoms with Crippen LogP contribution in [0.2, 0.25) is 0 Å². The fourth-order valence-corrected chi connectivity index (χ4v) is 4.97. The maximum absolute atomic E-state index is 12.7. The van der Waals surface area contributed by atoms with E-state index in [0.29, 0.717) is 37.3 Å². The molecule has 1 N–H and O–H groups in total. The Morgan fingerprint density at radius 2 is 1.85 bits per heavy atom. The van der Waals surface area contributed by atoms with E-state index in [1.165, 1.54) is 0 Å². The molecule has 0 bridgehead atoms. The van der Waals surface area contributed by atoms with Crippen LogP contribution in [0.3, 0.4) is 0 Å². The van der Waals surface area contributed by atoms with Crippen molar-refractivity contribution < 1.29 is 12.8 Å². The van der Waals surface area contributed by atoms with E-state index in [0.717, 1.165) is 16.8 Å². The van der Waals surface area contributed by atoms with Gasteiger partial charge < -0.3 is 9.32 Å². The Hall–Kier alpha value is -2.58. The number of anilines is 1. The van der Waals surface area contributed by atoms with Crippen molar-refractivity contribution in [3.63, 3.8) is 0 Å². The second-order valence-corrected chi connectivity index (χ2v) is 8.80. The van der Waals surface area contributed by atoms with Gasteiger partial charge in [0.05, 0.1) is 11.3 Å². The van der Waals surface area contributed by atoms with Gasteiger partial charge in [0.1, 0.15) is 0 Å². The summed E-state index contributed by atoms with van der Waals surface area (Å²) in [5.74, 6) is -0.453. The molecule has 0 saturated carbocycles. The Morgan fingerprint density at radius 1 is 1.07 bits per heavy atom. The fraction of sp³-hybridized carbons (Fsp3) is 0.316. The Balaban J connectivity index is 1.45. The summed E-state index contributed by atoms with van der Waals surface area (Å²) in [4.78, 5) is 16.1. The van der Waals surface area contributed by atoms with Gasteiger partial charge in [-0.3, -0.25) is 4.98 Å². The molecule has 1 aromatic heterocycles. The summed E-state index contributed by atoms with van der Waals surface area (Å²) in [6.07, 6.45) is 0. The molecule has 8 heteroatoms. The van der Waals surface area contributed by atoms with Crippen LogP contribution in [0.1, 0.15) is 11.1 Å². The number of hydrogen-bond donors (Lipinski definition) is 1. The number of nitrogens with zero attached hydrogens (tertiary/aromatic N) is 2. The minimum absolute atomic E-state index is 0.0247. The van der Waals surface area contributed by atoms with Gasteiger partial charge in [-0.05, 0) is 30.7 Å². The highest BCUT2D eigenvalue weighted by Gasteiger charge is 2.27. The predicted molar refractivity (Wildman–Crippen MR) is 104 cm³/mol. The van der Waals surface area contributed by atoms with E-state index in [-0.39, 0.29) is 5.75 Å². The second kappa shape index (κ2) is 6.86. The quantitative estimate of drug-likeness (QED) is 0.741. The first-order chi connectivity index (χ1) is 12.9. The Labute approximate surface area is 157 Å². The van der Waals surface area contributed by atoms with Crippen molar-refractivity contribution in [3.05, 3.63) is 64.1 Å². The molecule has 0 atom stereocenters. The number of aryl methyl sites for hydroxylation is 1. The van der Waals surface area contributed by atoms with Gasteiger partial charge in [0.2, 0.25) is 10.0 Å². The molecular formula is C19H21N3O4S. The van der Waals surface area contributed by atoms with Crippen molar-refractivity contribution in [3.8, 4) is 0 Å². The number of aromatic nitrogens is 1. The molecule has 142 valence electrons. The van der Waals surface area contributed by atoms with E-state index in [4.69, 9.17) is 4.42 Å². The van der Waals surface area contributed by atoms with Crippen molar-refractivity contribution >= 4 is 26.8 Å². The average Bonchev–Trinajstić information content (AvgIpc) is 3.00. The van der Waals surface area contributed by atoms with Crippen LogP contribution >= 0.6 is 0 Å². The number of fused-ring (bicyclic) bond motifs is 1. The third kappa shape index (κ3) is 3.77. The number of oxazole rings is 1. The Morgan fingerprint density at radius 3 is 2.59 bits per heavy atom. The molecule has 1 aliphatic heterocycles. The molecule has 7 nitrogen and oxygen atoms in total. The zero-order valence-electron chi connectivity index (χ0n) is 15.0. The molecule has 3 aromatic rings. The highest BCUT2D eigenvalue weighted by atomic mass is 32.2. The van der Waals surface area contributed by atoms with Crippen LogP contribution in [0.4, 0.5) is 5.69 Å². The maximum atomic E-state index is 12.7. The summed E-state index contributed by atoms with van der Waals surface area (Å²) in [5.41, 5.74) is 3.97. The molecule has 0 radical (unpaired) electrons. The van der Waals surface area contributed by atoms with E-state index in [9.17, 15) is 13.2 Å². The molecular weight excluding hydrogens is 366 g/mol. The molecule has 2 aromatic carbocycles. The van der Waals surface area contributed by atoms with Crippen LogP contribution in [0.15, 0.2) is 51.7 Å². The van der Waals surface area contributed by atoms with Crippen LogP contribution < -0.4 is 10.7 Å². The summed E-state index contributed by atoms with van der Waals surface area (Å²) >= 11 is 0. The first-order valence-electron chi connectivity index (χ1n) is 8.82. The SMILES string of the molecule is Cc1cccc(CS(=O)(=O)N2CCN(c3ccc4oc(=O)[nH]c4c3)CC2)c1. The third-order valence-electron chi connectivity index (χ3n) is 4.83. The topological polar surface area (TPSA) is 86.6 Å². The number of H-pyrrole nitrogens is 1. The number of rotatable bonds is 4. The molecule has 1 aliphatic rings. The van der Waals surface area contributed by atoms with Gasteiger partial charge in [-0.15, -0.1) is 0 Å². The van der Waals surface area contributed by atoms with E-state index in [2.05, 4.69) is 9.88 Å². The van der Waals surface area contributed by atoms with Crippen molar-refractivity contribution in [2.45, 2.75) is 12.7 Å². The lowest BCUT2D eigenvalue weighted by Crippen LogP contribution is -2.49. The van der Waals surface area contributed by atoms with Gasteiger partial charge in [0.25, 0.3) is 0 Å². The molecule has 0 aliphatic carbocycles. The second-order valence-electron chi connectivity index (χ2n) is 6.83. The summed E-state index contributed by atoms with van der Waals surface area (Å²) < 4.78 is 32.1. The number of sulfonamides is 1. The zero-order chi connectivity index (χ0) is 19.0. The van der Waals surface area contributed by atoms with Gasteiger partial charge in [0, 0.05) is 31.9 Å². The number of benzene rings is 2. The van der Waals surface area contributed by atoms with E-state index < -0.39 is 15.8 Å². The average molecular weight is 387 g/mol. The minimum Gasteiger partial charge on any atom is -0.408 e. The van der Waals surface area contributed by atoms with Crippen LogP contribution in [-0.4, -0.2) is 43.9 Å². The molecule has 1 fully saturated rings. The van der Waals surface area contributed by atoms with Crippen molar-refractivity contribution in [1.82, 2.24) is 9.29 Å². The van der Waals surface area contributed by atoms with Crippen LogP contribution in [0.5, 0.6) is 0 Å². The van der Waals surface area contributed by atoms with E-state index in [1.54, 1.807) is 10.4 Å². The third-order valence-corrected chi connectivity index (χ3v) is 6.68. The lowest BCUT2D eigenvalue weighted by atomic mass is 10.2. The van der Waals surface area contributed by atoms with Gasteiger partial charge in [-0.2, -0.15) is 4.31 Å². The fourth-order valence-electron chi connectivity index (χ4n) is 3.46. The minimum atomic E-state index is -3.35.